The summed E-state index contributed by atoms with van der Waals surface area (Å²) in [6.45, 7) is 0.426. The molecule has 0 aliphatic rings. The molecule has 0 aliphatic heterocycles. The van der Waals surface area contributed by atoms with E-state index in [2.05, 4.69) is 5.43 Å². The average molecular weight is 303 g/mol. The van der Waals surface area contributed by atoms with E-state index in [1.807, 2.05) is 24.3 Å². The molecule has 2 rings (SSSR count). The van der Waals surface area contributed by atoms with Crippen LogP contribution in [0.5, 0.6) is 5.75 Å². The molecule has 1 aromatic heterocycles. The largest absolute Gasteiger partial charge is 0.492 e. The number of ether oxygens (including phenoxy) is 1. The standard InChI is InChI=1S/C12H12Cl2N2OS/c13-8-1-3-9(4-2-8)17-7-10(16-15)11-5-6-12(14)18-11/h1-6,10,16H,7,15H2. The molecule has 1 unspecified atom stereocenters. The van der Waals surface area contributed by atoms with Crippen LogP contribution in [-0.2, 0) is 0 Å². The molecule has 96 valence electrons. The number of hydrogen-bond donors (Lipinski definition) is 2. The zero-order valence-corrected chi connectivity index (χ0v) is 11.7. The molecular weight excluding hydrogens is 291 g/mol. The molecule has 0 fully saturated rings. The van der Waals surface area contributed by atoms with Crippen LogP contribution in [0.15, 0.2) is 36.4 Å². The predicted molar refractivity (Wildman–Crippen MR) is 76.3 cm³/mol. The topological polar surface area (TPSA) is 47.3 Å². The Bertz CT molecular complexity index is 501. The maximum absolute atomic E-state index is 5.89. The monoisotopic (exact) mass is 302 g/mol. The van der Waals surface area contributed by atoms with Crippen LogP contribution in [0.25, 0.3) is 0 Å². The number of halogens is 2. The second kappa shape index (κ2) is 6.41. The summed E-state index contributed by atoms with van der Waals surface area (Å²) in [6.07, 6.45) is 0. The van der Waals surface area contributed by atoms with Gasteiger partial charge in [0.15, 0.2) is 0 Å². The van der Waals surface area contributed by atoms with E-state index in [1.165, 1.54) is 11.3 Å². The van der Waals surface area contributed by atoms with Crippen LogP contribution in [0.1, 0.15) is 10.9 Å². The normalized spacial score (nSPS) is 12.4. The summed E-state index contributed by atoms with van der Waals surface area (Å²) in [6, 6.07) is 10.9. The lowest BCUT2D eigenvalue weighted by Crippen LogP contribution is -2.31. The second-order valence-corrected chi connectivity index (χ2v) is 5.81. The average Bonchev–Trinajstić information content (AvgIpc) is 2.79. The van der Waals surface area contributed by atoms with Crippen LogP contribution in [-0.4, -0.2) is 6.61 Å². The molecule has 0 bridgehead atoms. The highest BCUT2D eigenvalue weighted by molar-refractivity contribution is 7.16. The van der Waals surface area contributed by atoms with Crippen molar-refractivity contribution in [2.24, 2.45) is 5.84 Å². The van der Waals surface area contributed by atoms with E-state index in [0.717, 1.165) is 15.0 Å². The van der Waals surface area contributed by atoms with Crippen molar-refractivity contribution in [2.45, 2.75) is 6.04 Å². The molecule has 0 spiro atoms. The Kier molecular flexibility index (Phi) is 4.86. The zero-order valence-electron chi connectivity index (χ0n) is 9.40. The third-order valence-electron chi connectivity index (χ3n) is 2.37. The van der Waals surface area contributed by atoms with E-state index in [0.29, 0.717) is 11.6 Å². The van der Waals surface area contributed by atoms with Crippen LogP contribution in [0, 0.1) is 0 Å². The number of thiophene rings is 1. The molecule has 1 aromatic carbocycles. The van der Waals surface area contributed by atoms with Crippen molar-refractivity contribution in [2.75, 3.05) is 6.61 Å². The van der Waals surface area contributed by atoms with Crippen molar-refractivity contribution in [1.29, 1.82) is 0 Å². The lowest BCUT2D eigenvalue weighted by Gasteiger charge is -2.15. The van der Waals surface area contributed by atoms with Crippen LogP contribution < -0.4 is 16.0 Å². The summed E-state index contributed by atoms with van der Waals surface area (Å²) in [5, 5.41) is 0.681. The highest BCUT2D eigenvalue weighted by Gasteiger charge is 2.12. The highest BCUT2D eigenvalue weighted by atomic mass is 35.5. The maximum Gasteiger partial charge on any atom is 0.119 e. The highest BCUT2D eigenvalue weighted by Crippen LogP contribution is 2.27. The fourth-order valence-corrected chi connectivity index (χ4v) is 2.67. The minimum absolute atomic E-state index is 0.0850. The SMILES string of the molecule is NNC(COc1ccc(Cl)cc1)c1ccc(Cl)s1. The molecule has 3 nitrogen and oxygen atoms in total. The van der Waals surface area contributed by atoms with Gasteiger partial charge in [0.1, 0.15) is 12.4 Å². The van der Waals surface area contributed by atoms with E-state index in [1.54, 1.807) is 12.1 Å². The van der Waals surface area contributed by atoms with Gasteiger partial charge in [-0.25, -0.2) is 5.43 Å². The summed E-state index contributed by atoms with van der Waals surface area (Å²) < 4.78 is 6.37. The van der Waals surface area contributed by atoms with Gasteiger partial charge in [-0.2, -0.15) is 0 Å². The van der Waals surface area contributed by atoms with Crippen LogP contribution >= 0.6 is 34.5 Å². The fraction of sp³-hybridized carbons (Fsp3) is 0.167. The number of hydrogen-bond acceptors (Lipinski definition) is 4. The van der Waals surface area contributed by atoms with E-state index >= 15 is 0 Å². The van der Waals surface area contributed by atoms with E-state index in [4.69, 9.17) is 33.8 Å². The molecule has 3 N–H and O–H groups in total. The predicted octanol–water partition coefficient (Wildman–Crippen LogP) is 3.64. The van der Waals surface area contributed by atoms with Crippen molar-refractivity contribution in [3.63, 3.8) is 0 Å². The van der Waals surface area contributed by atoms with E-state index < -0.39 is 0 Å². The molecule has 0 saturated carbocycles. The van der Waals surface area contributed by atoms with Gasteiger partial charge in [0.25, 0.3) is 0 Å². The number of benzene rings is 1. The third kappa shape index (κ3) is 3.60. The summed E-state index contributed by atoms with van der Waals surface area (Å²) in [5.41, 5.74) is 2.71. The molecule has 2 aromatic rings. The van der Waals surface area contributed by atoms with Crippen LogP contribution in [0.2, 0.25) is 9.36 Å². The molecule has 0 saturated heterocycles. The van der Waals surface area contributed by atoms with Crippen molar-refractivity contribution >= 4 is 34.5 Å². The molecule has 6 heteroatoms. The minimum Gasteiger partial charge on any atom is -0.492 e. The van der Waals surface area contributed by atoms with Crippen molar-refractivity contribution < 1.29 is 4.74 Å². The third-order valence-corrected chi connectivity index (χ3v) is 3.97. The van der Waals surface area contributed by atoms with Gasteiger partial charge in [-0.3, -0.25) is 5.84 Å². The van der Waals surface area contributed by atoms with E-state index in [-0.39, 0.29) is 6.04 Å². The Hall–Kier alpha value is -0.780. The molecule has 18 heavy (non-hydrogen) atoms. The number of rotatable bonds is 5. The van der Waals surface area contributed by atoms with Gasteiger partial charge in [0.05, 0.1) is 10.4 Å². The maximum atomic E-state index is 5.89. The van der Waals surface area contributed by atoms with Gasteiger partial charge >= 0.3 is 0 Å². The van der Waals surface area contributed by atoms with Crippen molar-refractivity contribution in [3.05, 3.63) is 50.6 Å². The molecular formula is C12H12Cl2N2OS. The van der Waals surface area contributed by atoms with E-state index in [9.17, 15) is 0 Å². The van der Waals surface area contributed by atoms with Gasteiger partial charge in [-0.15, -0.1) is 11.3 Å². The molecule has 1 atom stereocenters. The summed E-state index contributed by atoms with van der Waals surface area (Å²) in [4.78, 5) is 1.04. The number of nitrogens with two attached hydrogens (primary N) is 1. The number of hydrazine groups is 1. The molecule has 0 amide bonds. The van der Waals surface area contributed by atoms with Gasteiger partial charge < -0.3 is 4.74 Å². The molecule has 0 aliphatic carbocycles. The Labute approximate surface area is 119 Å². The van der Waals surface area contributed by atoms with Gasteiger partial charge in [-0.1, -0.05) is 23.2 Å². The first-order valence-corrected chi connectivity index (χ1v) is 6.86. The Morgan fingerprint density at radius 1 is 1.17 bits per heavy atom. The minimum atomic E-state index is -0.0850. The first-order valence-electron chi connectivity index (χ1n) is 5.29. The van der Waals surface area contributed by atoms with Crippen molar-refractivity contribution in [1.82, 2.24) is 5.43 Å². The Balaban J connectivity index is 1.97. The zero-order chi connectivity index (χ0) is 13.0. The van der Waals surface area contributed by atoms with Gasteiger partial charge in [0, 0.05) is 9.90 Å². The first-order chi connectivity index (χ1) is 8.69. The van der Waals surface area contributed by atoms with Crippen LogP contribution in [0.4, 0.5) is 0 Å². The molecule has 0 radical (unpaired) electrons. The lowest BCUT2D eigenvalue weighted by molar-refractivity contribution is 0.269. The fourth-order valence-electron chi connectivity index (χ4n) is 1.44. The summed E-state index contributed by atoms with van der Waals surface area (Å²) >= 11 is 13.2. The van der Waals surface area contributed by atoms with Crippen molar-refractivity contribution in [3.8, 4) is 5.75 Å². The summed E-state index contributed by atoms with van der Waals surface area (Å²) in [5.74, 6) is 6.27. The van der Waals surface area contributed by atoms with Gasteiger partial charge in [-0.05, 0) is 36.4 Å². The van der Waals surface area contributed by atoms with Crippen LogP contribution in [0.3, 0.4) is 0 Å². The number of nitrogens with one attached hydrogen (secondary N) is 1. The Morgan fingerprint density at radius 2 is 1.89 bits per heavy atom. The second-order valence-electron chi connectivity index (χ2n) is 3.63. The quantitative estimate of drug-likeness (QED) is 0.655. The smallest absolute Gasteiger partial charge is 0.119 e. The Morgan fingerprint density at radius 3 is 2.44 bits per heavy atom. The van der Waals surface area contributed by atoms with Gasteiger partial charge in [0.2, 0.25) is 0 Å². The lowest BCUT2D eigenvalue weighted by atomic mass is 10.2. The molecule has 1 heterocycles. The summed E-state index contributed by atoms with van der Waals surface area (Å²) in [7, 11) is 0. The first kappa shape index (κ1) is 13.6.